The summed E-state index contributed by atoms with van der Waals surface area (Å²) in [5, 5.41) is 18.4. The van der Waals surface area contributed by atoms with Crippen molar-refractivity contribution in [1.82, 2.24) is 0 Å². The van der Waals surface area contributed by atoms with Crippen LogP contribution in [-0.4, -0.2) is 15.8 Å². The van der Waals surface area contributed by atoms with Crippen LogP contribution < -0.4 is 0 Å². The van der Waals surface area contributed by atoms with Gasteiger partial charge in [0, 0.05) is 6.42 Å². The molecule has 0 radical (unpaired) electrons. The molecular formula is C10H9F3O2. The van der Waals surface area contributed by atoms with E-state index < -0.39 is 28.8 Å². The number of halogens is 3. The Morgan fingerprint density at radius 1 is 1.20 bits per heavy atom. The van der Waals surface area contributed by atoms with Crippen molar-refractivity contribution in [2.24, 2.45) is 0 Å². The summed E-state index contributed by atoms with van der Waals surface area (Å²) in [6, 6.07) is 0.667. The predicted octanol–water partition coefficient (Wildman–Crippen LogP) is 1.88. The maximum atomic E-state index is 13.2. The Labute approximate surface area is 84.0 Å². The van der Waals surface area contributed by atoms with Gasteiger partial charge < -0.3 is 10.2 Å². The monoisotopic (exact) mass is 218 g/mol. The Hall–Kier alpha value is -1.23. The van der Waals surface area contributed by atoms with Crippen molar-refractivity contribution < 1.29 is 23.4 Å². The highest BCUT2D eigenvalue weighted by Gasteiger charge is 2.41. The molecule has 1 aromatic carbocycles. The van der Waals surface area contributed by atoms with Crippen molar-refractivity contribution in [2.45, 2.75) is 24.9 Å². The minimum Gasteiger partial charge on any atom is -0.503 e. The second-order valence-electron chi connectivity index (χ2n) is 3.90. The number of rotatable bonds is 2. The second-order valence-corrected chi connectivity index (χ2v) is 3.90. The fourth-order valence-corrected chi connectivity index (χ4v) is 1.45. The molecule has 0 unspecified atom stereocenters. The maximum absolute atomic E-state index is 13.2. The third kappa shape index (κ3) is 1.79. The summed E-state index contributed by atoms with van der Waals surface area (Å²) in [6.07, 6.45) is 0.905. The first-order chi connectivity index (χ1) is 6.93. The van der Waals surface area contributed by atoms with Gasteiger partial charge in [-0.3, -0.25) is 0 Å². The summed E-state index contributed by atoms with van der Waals surface area (Å²) < 4.78 is 38.8. The minimum atomic E-state index is -1.60. The average molecular weight is 218 g/mol. The molecule has 82 valence electrons. The van der Waals surface area contributed by atoms with Gasteiger partial charge in [0.1, 0.15) is 0 Å². The SMILES string of the molecule is Oc1c(F)c(F)cc(CC2(O)CC2)c1F. The first-order valence-corrected chi connectivity index (χ1v) is 4.51. The highest BCUT2D eigenvalue weighted by atomic mass is 19.2. The molecule has 1 aliphatic carbocycles. The third-order valence-corrected chi connectivity index (χ3v) is 2.56. The van der Waals surface area contributed by atoms with Crippen LogP contribution in [-0.2, 0) is 6.42 Å². The van der Waals surface area contributed by atoms with Crippen LogP contribution in [0.1, 0.15) is 18.4 Å². The Morgan fingerprint density at radius 2 is 1.80 bits per heavy atom. The van der Waals surface area contributed by atoms with E-state index in [1.165, 1.54) is 0 Å². The van der Waals surface area contributed by atoms with E-state index in [-0.39, 0.29) is 12.0 Å². The molecule has 2 N–H and O–H groups in total. The zero-order chi connectivity index (χ0) is 11.2. The number of aliphatic hydroxyl groups is 1. The van der Waals surface area contributed by atoms with Crippen LogP contribution in [0.25, 0.3) is 0 Å². The fourth-order valence-electron chi connectivity index (χ4n) is 1.45. The van der Waals surface area contributed by atoms with Crippen molar-refractivity contribution in [3.63, 3.8) is 0 Å². The molecule has 1 fully saturated rings. The van der Waals surface area contributed by atoms with Crippen LogP contribution >= 0.6 is 0 Å². The molecular weight excluding hydrogens is 209 g/mol. The van der Waals surface area contributed by atoms with E-state index >= 15 is 0 Å². The summed E-state index contributed by atoms with van der Waals surface area (Å²) >= 11 is 0. The lowest BCUT2D eigenvalue weighted by Crippen LogP contribution is -2.12. The summed E-state index contributed by atoms with van der Waals surface area (Å²) in [5.74, 6) is -5.43. The van der Waals surface area contributed by atoms with Crippen molar-refractivity contribution >= 4 is 0 Å². The van der Waals surface area contributed by atoms with E-state index in [1.807, 2.05) is 0 Å². The average Bonchev–Trinajstić information content (AvgIpc) is 2.89. The minimum absolute atomic E-state index is 0.108. The van der Waals surface area contributed by atoms with Crippen molar-refractivity contribution in [3.05, 3.63) is 29.1 Å². The molecule has 0 bridgehead atoms. The molecule has 0 amide bonds. The van der Waals surface area contributed by atoms with Gasteiger partial charge in [-0.2, -0.15) is 4.39 Å². The lowest BCUT2D eigenvalue weighted by molar-refractivity contribution is 0.149. The number of phenolic OH excluding ortho intramolecular Hbond substituents is 1. The number of benzene rings is 1. The van der Waals surface area contributed by atoms with Gasteiger partial charge in [-0.15, -0.1) is 0 Å². The van der Waals surface area contributed by atoms with Crippen LogP contribution in [0.4, 0.5) is 13.2 Å². The fraction of sp³-hybridized carbons (Fsp3) is 0.400. The van der Waals surface area contributed by atoms with Gasteiger partial charge in [0.05, 0.1) is 5.60 Å². The van der Waals surface area contributed by atoms with Crippen LogP contribution in [0, 0.1) is 17.5 Å². The Balaban J connectivity index is 2.39. The van der Waals surface area contributed by atoms with E-state index in [0.717, 1.165) is 0 Å². The van der Waals surface area contributed by atoms with E-state index in [2.05, 4.69) is 0 Å². The molecule has 0 atom stereocenters. The highest BCUT2D eigenvalue weighted by molar-refractivity contribution is 5.34. The van der Waals surface area contributed by atoms with Gasteiger partial charge in [0.2, 0.25) is 5.82 Å². The lowest BCUT2D eigenvalue weighted by atomic mass is 10.0. The van der Waals surface area contributed by atoms with Gasteiger partial charge >= 0.3 is 0 Å². The van der Waals surface area contributed by atoms with Crippen LogP contribution in [0.2, 0.25) is 0 Å². The first-order valence-electron chi connectivity index (χ1n) is 4.51. The number of aromatic hydroxyl groups is 1. The zero-order valence-corrected chi connectivity index (χ0v) is 7.73. The van der Waals surface area contributed by atoms with Gasteiger partial charge in [-0.05, 0) is 24.5 Å². The first kappa shape index (κ1) is 10.3. The normalized spacial score (nSPS) is 17.9. The molecule has 0 saturated heterocycles. The molecule has 15 heavy (non-hydrogen) atoms. The number of hydrogen-bond donors (Lipinski definition) is 2. The molecule has 0 aromatic heterocycles. The number of hydrogen-bond acceptors (Lipinski definition) is 2. The summed E-state index contributed by atoms with van der Waals surface area (Å²) in [5.41, 5.74) is -1.22. The standard InChI is InChI=1S/C10H9F3O2/c11-6-3-5(4-10(15)1-2-10)7(12)9(14)8(6)13/h3,14-15H,1-2,4H2. The van der Waals surface area contributed by atoms with Crippen molar-refractivity contribution in [2.75, 3.05) is 0 Å². The Bertz CT molecular complexity index is 414. The molecule has 2 rings (SSSR count). The molecule has 5 heteroatoms. The van der Waals surface area contributed by atoms with Crippen LogP contribution in [0.15, 0.2) is 6.07 Å². The predicted molar refractivity (Wildman–Crippen MR) is 45.9 cm³/mol. The van der Waals surface area contributed by atoms with E-state index in [1.54, 1.807) is 0 Å². The lowest BCUT2D eigenvalue weighted by Gasteiger charge is -2.10. The van der Waals surface area contributed by atoms with Crippen LogP contribution in [0.3, 0.4) is 0 Å². The summed E-state index contributed by atoms with van der Waals surface area (Å²) in [6.45, 7) is 0. The van der Waals surface area contributed by atoms with E-state index in [9.17, 15) is 18.3 Å². The molecule has 2 nitrogen and oxygen atoms in total. The van der Waals surface area contributed by atoms with Gasteiger partial charge in [0.15, 0.2) is 17.4 Å². The smallest absolute Gasteiger partial charge is 0.203 e. The van der Waals surface area contributed by atoms with Crippen LogP contribution in [0.5, 0.6) is 5.75 Å². The van der Waals surface area contributed by atoms with Gasteiger partial charge in [-0.1, -0.05) is 0 Å². The largest absolute Gasteiger partial charge is 0.503 e. The van der Waals surface area contributed by atoms with E-state index in [4.69, 9.17) is 5.11 Å². The third-order valence-electron chi connectivity index (χ3n) is 2.56. The zero-order valence-electron chi connectivity index (χ0n) is 7.73. The molecule has 1 saturated carbocycles. The van der Waals surface area contributed by atoms with E-state index in [0.29, 0.717) is 18.9 Å². The topological polar surface area (TPSA) is 40.5 Å². The summed E-state index contributed by atoms with van der Waals surface area (Å²) in [7, 11) is 0. The molecule has 1 aliphatic rings. The summed E-state index contributed by atoms with van der Waals surface area (Å²) in [4.78, 5) is 0. The number of phenols is 1. The Morgan fingerprint density at radius 3 is 2.33 bits per heavy atom. The van der Waals surface area contributed by atoms with Crippen molar-refractivity contribution in [3.8, 4) is 5.75 Å². The van der Waals surface area contributed by atoms with Crippen molar-refractivity contribution in [1.29, 1.82) is 0 Å². The maximum Gasteiger partial charge on any atom is 0.203 e. The molecule has 0 aliphatic heterocycles. The Kier molecular flexibility index (Phi) is 2.15. The second kappa shape index (κ2) is 3.13. The highest BCUT2D eigenvalue weighted by Crippen LogP contribution is 2.40. The quantitative estimate of drug-likeness (QED) is 0.744. The van der Waals surface area contributed by atoms with Gasteiger partial charge in [0.25, 0.3) is 0 Å². The molecule has 0 heterocycles. The molecule has 1 aromatic rings. The molecule has 0 spiro atoms. The van der Waals surface area contributed by atoms with Gasteiger partial charge in [-0.25, -0.2) is 8.78 Å².